The summed E-state index contributed by atoms with van der Waals surface area (Å²) < 4.78 is 10.1. The van der Waals surface area contributed by atoms with Crippen LogP contribution >= 0.6 is 0 Å². The van der Waals surface area contributed by atoms with Gasteiger partial charge in [0.1, 0.15) is 0 Å². The Balaban J connectivity index is 2.89. The molecule has 0 saturated carbocycles. The lowest BCUT2D eigenvalue weighted by Crippen LogP contribution is -2.16. The first-order valence-corrected chi connectivity index (χ1v) is 3.61. The SMILES string of the molecule is CCOCCO[C@@H](C)CO. The van der Waals surface area contributed by atoms with Crippen LogP contribution in [0.4, 0.5) is 0 Å². The number of rotatable bonds is 6. The number of ether oxygens (including phenoxy) is 2. The predicted molar refractivity (Wildman–Crippen MR) is 39.0 cm³/mol. The summed E-state index contributed by atoms with van der Waals surface area (Å²) in [5.74, 6) is 0. The first kappa shape index (κ1) is 9.88. The average Bonchev–Trinajstić information content (AvgIpc) is 1.98. The van der Waals surface area contributed by atoms with Crippen molar-refractivity contribution in [2.24, 2.45) is 0 Å². The summed E-state index contributed by atoms with van der Waals surface area (Å²) in [6.45, 7) is 5.74. The van der Waals surface area contributed by atoms with Crippen LogP contribution in [-0.2, 0) is 9.47 Å². The van der Waals surface area contributed by atoms with Crippen LogP contribution in [0.1, 0.15) is 13.8 Å². The lowest BCUT2D eigenvalue weighted by molar-refractivity contribution is -0.00824. The van der Waals surface area contributed by atoms with Crippen molar-refractivity contribution >= 4 is 0 Å². The Labute approximate surface area is 62.0 Å². The second kappa shape index (κ2) is 6.99. The molecule has 0 bridgehead atoms. The van der Waals surface area contributed by atoms with Gasteiger partial charge in [0.2, 0.25) is 0 Å². The van der Waals surface area contributed by atoms with Crippen molar-refractivity contribution in [1.29, 1.82) is 0 Å². The zero-order chi connectivity index (χ0) is 7.82. The van der Waals surface area contributed by atoms with Gasteiger partial charge in [-0.15, -0.1) is 0 Å². The van der Waals surface area contributed by atoms with Gasteiger partial charge < -0.3 is 14.6 Å². The van der Waals surface area contributed by atoms with Crippen molar-refractivity contribution in [2.45, 2.75) is 20.0 Å². The van der Waals surface area contributed by atoms with E-state index < -0.39 is 0 Å². The van der Waals surface area contributed by atoms with Crippen LogP contribution in [0.25, 0.3) is 0 Å². The maximum atomic E-state index is 8.53. The Kier molecular flexibility index (Phi) is 6.91. The van der Waals surface area contributed by atoms with Crippen LogP contribution in [0.2, 0.25) is 0 Å². The smallest absolute Gasteiger partial charge is 0.0778 e. The van der Waals surface area contributed by atoms with Gasteiger partial charge in [-0.1, -0.05) is 0 Å². The van der Waals surface area contributed by atoms with E-state index in [-0.39, 0.29) is 12.7 Å². The number of aliphatic hydroxyl groups is 1. The number of hydrogen-bond donors (Lipinski definition) is 1. The first-order chi connectivity index (χ1) is 4.81. The fraction of sp³-hybridized carbons (Fsp3) is 1.00. The van der Waals surface area contributed by atoms with Gasteiger partial charge >= 0.3 is 0 Å². The Bertz CT molecular complexity index is 65.9. The first-order valence-electron chi connectivity index (χ1n) is 3.61. The number of hydrogen-bond acceptors (Lipinski definition) is 3. The van der Waals surface area contributed by atoms with E-state index in [0.717, 1.165) is 6.61 Å². The summed E-state index contributed by atoms with van der Waals surface area (Å²) >= 11 is 0. The molecule has 1 atom stereocenters. The molecule has 0 amide bonds. The Morgan fingerprint density at radius 2 is 2.10 bits per heavy atom. The van der Waals surface area contributed by atoms with Gasteiger partial charge in [0.05, 0.1) is 25.9 Å². The highest BCUT2D eigenvalue weighted by Gasteiger charge is 1.96. The highest BCUT2D eigenvalue weighted by molar-refractivity contribution is 4.43. The largest absolute Gasteiger partial charge is 0.394 e. The van der Waals surface area contributed by atoms with Crippen LogP contribution in [0.15, 0.2) is 0 Å². The van der Waals surface area contributed by atoms with E-state index in [1.54, 1.807) is 0 Å². The molecule has 3 nitrogen and oxygen atoms in total. The second-order valence-electron chi connectivity index (χ2n) is 2.06. The van der Waals surface area contributed by atoms with Gasteiger partial charge in [-0.2, -0.15) is 0 Å². The molecule has 0 spiro atoms. The molecule has 0 unspecified atom stereocenters. The highest BCUT2D eigenvalue weighted by atomic mass is 16.5. The summed E-state index contributed by atoms with van der Waals surface area (Å²) in [7, 11) is 0. The summed E-state index contributed by atoms with van der Waals surface area (Å²) in [4.78, 5) is 0. The van der Waals surface area contributed by atoms with Crippen LogP contribution in [0, 0.1) is 0 Å². The van der Waals surface area contributed by atoms with E-state index in [1.807, 2.05) is 13.8 Å². The van der Waals surface area contributed by atoms with Gasteiger partial charge in [0, 0.05) is 6.61 Å². The molecular formula is C7H16O3. The third-order valence-electron chi connectivity index (χ3n) is 1.09. The van der Waals surface area contributed by atoms with Gasteiger partial charge in [0.25, 0.3) is 0 Å². The van der Waals surface area contributed by atoms with Gasteiger partial charge in [-0.3, -0.25) is 0 Å². The quantitative estimate of drug-likeness (QED) is 0.555. The molecule has 0 aliphatic rings. The van der Waals surface area contributed by atoms with E-state index in [4.69, 9.17) is 14.6 Å². The Morgan fingerprint density at radius 3 is 2.60 bits per heavy atom. The maximum Gasteiger partial charge on any atom is 0.0778 e. The van der Waals surface area contributed by atoms with Gasteiger partial charge in [-0.25, -0.2) is 0 Å². The standard InChI is InChI=1S/C7H16O3/c1-3-9-4-5-10-7(2)6-8/h7-8H,3-6H2,1-2H3/t7-/m0/s1. The minimum absolute atomic E-state index is 0.0690. The minimum Gasteiger partial charge on any atom is -0.394 e. The topological polar surface area (TPSA) is 38.7 Å². The second-order valence-corrected chi connectivity index (χ2v) is 2.06. The zero-order valence-electron chi connectivity index (χ0n) is 6.67. The van der Waals surface area contributed by atoms with Crippen molar-refractivity contribution in [1.82, 2.24) is 0 Å². The molecule has 0 aromatic heterocycles. The molecule has 0 heterocycles. The molecule has 1 N–H and O–H groups in total. The van der Waals surface area contributed by atoms with Gasteiger partial charge in [-0.05, 0) is 13.8 Å². The lowest BCUT2D eigenvalue weighted by Gasteiger charge is -2.08. The zero-order valence-corrected chi connectivity index (χ0v) is 6.67. The fourth-order valence-electron chi connectivity index (χ4n) is 0.505. The van der Waals surface area contributed by atoms with E-state index in [2.05, 4.69) is 0 Å². The summed E-state index contributed by atoms with van der Waals surface area (Å²) in [5, 5.41) is 8.53. The third-order valence-corrected chi connectivity index (χ3v) is 1.09. The van der Waals surface area contributed by atoms with Crippen molar-refractivity contribution < 1.29 is 14.6 Å². The Morgan fingerprint density at radius 1 is 1.40 bits per heavy atom. The molecule has 10 heavy (non-hydrogen) atoms. The van der Waals surface area contributed by atoms with Crippen molar-refractivity contribution in [3.63, 3.8) is 0 Å². The minimum atomic E-state index is -0.0690. The molecule has 0 fully saturated rings. The van der Waals surface area contributed by atoms with Crippen LogP contribution < -0.4 is 0 Å². The van der Waals surface area contributed by atoms with Crippen molar-refractivity contribution in [3.05, 3.63) is 0 Å². The molecule has 0 aliphatic heterocycles. The molecule has 0 saturated heterocycles. The van der Waals surface area contributed by atoms with Crippen LogP contribution in [0.5, 0.6) is 0 Å². The summed E-state index contributed by atoms with van der Waals surface area (Å²) in [6.07, 6.45) is -0.0690. The molecule has 0 radical (unpaired) electrons. The van der Waals surface area contributed by atoms with Crippen LogP contribution in [0.3, 0.4) is 0 Å². The average molecular weight is 148 g/mol. The van der Waals surface area contributed by atoms with E-state index >= 15 is 0 Å². The van der Waals surface area contributed by atoms with E-state index in [1.165, 1.54) is 0 Å². The lowest BCUT2D eigenvalue weighted by atomic mass is 10.4. The van der Waals surface area contributed by atoms with E-state index in [9.17, 15) is 0 Å². The number of aliphatic hydroxyl groups excluding tert-OH is 1. The Hall–Kier alpha value is -0.120. The molecule has 0 rings (SSSR count). The summed E-state index contributed by atoms with van der Waals surface area (Å²) in [6, 6.07) is 0. The van der Waals surface area contributed by atoms with Crippen molar-refractivity contribution in [3.8, 4) is 0 Å². The van der Waals surface area contributed by atoms with Crippen molar-refractivity contribution in [2.75, 3.05) is 26.4 Å². The predicted octanol–water partition coefficient (Wildman–Crippen LogP) is 0.420. The molecule has 0 aliphatic carbocycles. The van der Waals surface area contributed by atoms with Crippen LogP contribution in [-0.4, -0.2) is 37.6 Å². The molecular weight excluding hydrogens is 132 g/mol. The molecule has 0 aromatic rings. The summed E-state index contributed by atoms with van der Waals surface area (Å²) in [5.41, 5.74) is 0. The molecule has 3 heteroatoms. The fourth-order valence-corrected chi connectivity index (χ4v) is 0.505. The monoisotopic (exact) mass is 148 g/mol. The molecule has 62 valence electrons. The third kappa shape index (κ3) is 6.01. The highest BCUT2D eigenvalue weighted by Crippen LogP contribution is 1.87. The maximum absolute atomic E-state index is 8.53. The van der Waals surface area contributed by atoms with E-state index in [0.29, 0.717) is 13.2 Å². The normalized spacial score (nSPS) is 13.5. The van der Waals surface area contributed by atoms with Gasteiger partial charge in [0.15, 0.2) is 0 Å². The molecule has 0 aromatic carbocycles.